The molecule has 1 heterocycles. The minimum atomic E-state index is 0.112. The van der Waals surface area contributed by atoms with Gasteiger partial charge in [0.2, 0.25) is 0 Å². The normalized spacial score (nSPS) is 12.8. The van der Waals surface area contributed by atoms with Crippen molar-refractivity contribution in [3.63, 3.8) is 0 Å². The van der Waals surface area contributed by atoms with Crippen molar-refractivity contribution in [1.29, 1.82) is 0 Å². The second-order valence-corrected chi connectivity index (χ2v) is 7.87. The van der Waals surface area contributed by atoms with Gasteiger partial charge in [0.15, 0.2) is 0 Å². The number of aryl methyl sites for hydroxylation is 1. The van der Waals surface area contributed by atoms with Crippen molar-refractivity contribution in [1.82, 2.24) is 0 Å². The smallest absolute Gasteiger partial charge is 0.0764 e. The summed E-state index contributed by atoms with van der Waals surface area (Å²) < 4.78 is 2.04. The fourth-order valence-electron chi connectivity index (χ4n) is 1.53. The van der Waals surface area contributed by atoms with Crippen LogP contribution >= 0.6 is 70.7 Å². The lowest BCUT2D eigenvalue weighted by molar-refractivity contribution is 1.21. The van der Waals surface area contributed by atoms with Gasteiger partial charge in [-0.05, 0) is 56.5 Å². The molecule has 1 aromatic carbocycles. The zero-order valence-electron chi connectivity index (χ0n) is 8.81. The number of halogens is 4. The maximum atomic E-state index is 6.31. The largest absolute Gasteiger partial charge is 0.143 e. The third-order valence-corrected chi connectivity index (χ3v) is 6.92. The molecule has 0 saturated heterocycles. The molecule has 0 saturated carbocycles. The van der Waals surface area contributed by atoms with E-state index in [2.05, 4.69) is 60.8 Å². The lowest BCUT2D eigenvalue weighted by Crippen LogP contribution is -1.92. The van der Waals surface area contributed by atoms with Crippen LogP contribution in [0.2, 0.25) is 5.02 Å². The molecule has 1 atom stereocenters. The molecule has 2 rings (SSSR count). The monoisotopic (exact) mass is 456 g/mol. The highest BCUT2D eigenvalue weighted by Crippen LogP contribution is 2.44. The van der Waals surface area contributed by atoms with Crippen LogP contribution in [0.5, 0.6) is 0 Å². The standard InChI is InChI=1S/C12H8Br3ClS/c1-6-5-9(14)12(17-6)10(15)7-3-2-4-8(13)11(7)16/h2-5,10H,1H3. The molecule has 0 aliphatic rings. The summed E-state index contributed by atoms with van der Waals surface area (Å²) in [7, 11) is 0. The van der Waals surface area contributed by atoms with Crippen LogP contribution in [0.25, 0.3) is 0 Å². The van der Waals surface area contributed by atoms with Crippen molar-refractivity contribution in [2.24, 2.45) is 0 Å². The van der Waals surface area contributed by atoms with Crippen molar-refractivity contribution in [3.05, 3.63) is 53.6 Å². The Bertz CT molecular complexity index is 551. The van der Waals surface area contributed by atoms with Crippen LogP contribution in [0.3, 0.4) is 0 Å². The molecule has 0 bridgehead atoms. The zero-order valence-corrected chi connectivity index (χ0v) is 15.1. The predicted molar refractivity (Wildman–Crippen MR) is 86.7 cm³/mol. The Kier molecular flexibility index (Phi) is 4.75. The van der Waals surface area contributed by atoms with E-state index in [-0.39, 0.29) is 4.83 Å². The molecule has 0 fully saturated rings. The van der Waals surface area contributed by atoms with Crippen molar-refractivity contribution < 1.29 is 0 Å². The van der Waals surface area contributed by atoms with Gasteiger partial charge < -0.3 is 0 Å². The molecule has 0 amide bonds. The molecule has 0 spiro atoms. The van der Waals surface area contributed by atoms with E-state index in [1.54, 1.807) is 11.3 Å². The number of hydrogen-bond donors (Lipinski definition) is 0. The Balaban J connectivity index is 2.47. The van der Waals surface area contributed by atoms with Gasteiger partial charge >= 0.3 is 0 Å². The maximum Gasteiger partial charge on any atom is 0.0764 e. The molecule has 90 valence electrons. The molecule has 0 nitrogen and oxygen atoms in total. The molecule has 0 N–H and O–H groups in total. The van der Waals surface area contributed by atoms with E-state index in [1.165, 1.54) is 9.75 Å². The van der Waals surface area contributed by atoms with Crippen LogP contribution < -0.4 is 0 Å². The fourth-order valence-corrected chi connectivity index (χ4v) is 5.37. The van der Waals surface area contributed by atoms with Gasteiger partial charge in [-0.2, -0.15) is 0 Å². The first-order valence-electron chi connectivity index (χ1n) is 4.84. The highest BCUT2D eigenvalue weighted by Gasteiger charge is 2.19. The highest BCUT2D eigenvalue weighted by atomic mass is 79.9. The van der Waals surface area contributed by atoms with Crippen LogP contribution in [0.1, 0.15) is 20.1 Å². The molecule has 5 heteroatoms. The van der Waals surface area contributed by atoms with Crippen molar-refractivity contribution >= 4 is 70.7 Å². The zero-order chi connectivity index (χ0) is 12.6. The van der Waals surface area contributed by atoms with Crippen LogP contribution in [-0.2, 0) is 0 Å². The van der Waals surface area contributed by atoms with Gasteiger partial charge in [-0.25, -0.2) is 0 Å². The van der Waals surface area contributed by atoms with E-state index >= 15 is 0 Å². The number of alkyl halides is 1. The third-order valence-electron chi connectivity index (χ3n) is 2.32. The van der Waals surface area contributed by atoms with Gasteiger partial charge in [-0.1, -0.05) is 39.7 Å². The second-order valence-electron chi connectivity index (χ2n) is 3.57. The topological polar surface area (TPSA) is 0 Å². The van der Waals surface area contributed by atoms with E-state index < -0.39 is 0 Å². The van der Waals surface area contributed by atoms with Gasteiger partial charge in [-0.3, -0.25) is 0 Å². The summed E-state index contributed by atoms with van der Waals surface area (Å²) in [5.41, 5.74) is 1.07. The molecule has 17 heavy (non-hydrogen) atoms. The van der Waals surface area contributed by atoms with Crippen LogP contribution in [0.4, 0.5) is 0 Å². The van der Waals surface area contributed by atoms with Crippen molar-refractivity contribution in [2.75, 3.05) is 0 Å². The quantitative estimate of drug-likeness (QED) is 0.438. The molecule has 0 aliphatic heterocycles. The second kappa shape index (κ2) is 5.74. The molecule has 2 aromatic rings. The maximum absolute atomic E-state index is 6.31. The molecule has 1 aromatic heterocycles. The van der Waals surface area contributed by atoms with E-state index in [1.807, 2.05) is 18.2 Å². The molecule has 0 radical (unpaired) electrons. The molecule has 0 aliphatic carbocycles. The van der Waals surface area contributed by atoms with E-state index in [4.69, 9.17) is 11.6 Å². The van der Waals surface area contributed by atoms with Gasteiger partial charge in [0.1, 0.15) is 0 Å². The molecule has 1 unspecified atom stereocenters. The predicted octanol–water partition coefficient (Wildman–Crippen LogP) is 6.72. The minimum absolute atomic E-state index is 0.112. The lowest BCUT2D eigenvalue weighted by Gasteiger charge is -2.12. The fraction of sp³-hybridized carbons (Fsp3) is 0.167. The number of benzene rings is 1. The summed E-state index contributed by atoms with van der Waals surface area (Å²) in [6.45, 7) is 2.10. The minimum Gasteiger partial charge on any atom is -0.143 e. The first kappa shape index (κ1) is 14.1. The Morgan fingerprint density at radius 2 is 1.94 bits per heavy atom. The number of rotatable bonds is 2. The van der Waals surface area contributed by atoms with E-state index in [9.17, 15) is 0 Å². The Morgan fingerprint density at radius 3 is 2.53 bits per heavy atom. The number of thiophene rings is 1. The van der Waals surface area contributed by atoms with Crippen LogP contribution in [0.15, 0.2) is 33.2 Å². The molecular formula is C12H8Br3ClS. The SMILES string of the molecule is Cc1cc(Br)c(C(Br)c2cccc(Br)c2Cl)s1. The lowest BCUT2D eigenvalue weighted by atomic mass is 10.1. The summed E-state index contributed by atoms with van der Waals surface area (Å²) in [6.07, 6.45) is 0. The number of hydrogen-bond acceptors (Lipinski definition) is 1. The average Bonchev–Trinajstić information content (AvgIpc) is 2.61. The van der Waals surface area contributed by atoms with Gasteiger partial charge in [-0.15, -0.1) is 11.3 Å². The summed E-state index contributed by atoms with van der Waals surface area (Å²) in [6, 6.07) is 8.10. The van der Waals surface area contributed by atoms with Crippen LogP contribution in [-0.4, -0.2) is 0 Å². The highest BCUT2D eigenvalue weighted by molar-refractivity contribution is 9.11. The summed E-state index contributed by atoms with van der Waals surface area (Å²) in [5, 5.41) is 0.757. The van der Waals surface area contributed by atoms with Crippen LogP contribution in [0, 0.1) is 6.92 Å². The summed E-state index contributed by atoms with van der Waals surface area (Å²) >= 11 is 18.8. The van der Waals surface area contributed by atoms with E-state index in [0.717, 1.165) is 19.5 Å². The van der Waals surface area contributed by atoms with Gasteiger partial charge in [0, 0.05) is 18.7 Å². The summed E-state index contributed by atoms with van der Waals surface area (Å²) in [5.74, 6) is 0. The average molecular weight is 459 g/mol. The Labute approximate surface area is 135 Å². The Morgan fingerprint density at radius 1 is 1.24 bits per heavy atom. The van der Waals surface area contributed by atoms with Crippen molar-refractivity contribution in [2.45, 2.75) is 11.8 Å². The Hall–Kier alpha value is 0.650. The first-order chi connectivity index (χ1) is 8.00. The first-order valence-corrected chi connectivity index (χ1v) is 8.54. The van der Waals surface area contributed by atoms with Gasteiger partial charge in [0.25, 0.3) is 0 Å². The van der Waals surface area contributed by atoms with Gasteiger partial charge in [0.05, 0.1) is 9.85 Å². The summed E-state index contributed by atoms with van der Waals surface area (Å²) in [4.78, 5) is 2.63. The van der Waals surface area contributed by atoms with Crippen molar-refractivity contribution in [3.8, 4) is 0 Å². The molecular weight excluding hydrogens is 451 g/mol. The van der Waals surface area contributed by atoms with E-state index in [0.29, 0.717) is 0 Å². The third kappa shape index (κ3) is 2.98.